The summed E-state index contributed by atoms with van der Waals surface area (Å²) in [6.07, 6.45) is -0.312. The molecule has 1 saturated heterocycles. The van der Waals surface area contributed by atoms with Gasteiger partial charge >= 0.3 is 5.95 Å². The van der Waals surface area contributed by atoms with E-state index >= 15 is 0 Å². The Labute approximate surface area is 103 Å². The van der Waals surface area contributed by atoms with Crippen LogP contribution in [0.2, 0.25) is 0 Å². The average Bonchev–Trinajstić information content (AvgIpc) is 2.86. The number of aliphatic hydroxyl groups excluding tert-OH is 1. The second-order valence-electron chi connectivity index (χ2n) is 3.55. The van der Waals surface area contributed by atoms with Gasteiger partial charge in [-0.3, -0.25) is 0 Å². The van der Waals surface area contributed by atoms with Gasteiger partial charge in [0.05, 0.1) is 0 Å². The van der Waals surface area contributed by atoms with Gasteiger partial charge in [0.2, 0.25) is 0 Å². The summed E-state index contributed by atoms with van der Waals surface area (Å²) in [5.41, 5.74) is 0. The van der Waals surface area contributed by atoms with Gasteiger partial charge in [-0.05, 0) is 4.92 Å². The Bertz CT molecular complexity index is 429. The standard InChI is InChI=1S/C8H9BrFN3O4/c9-5-6(14)4(3-10)17-7(5)12-2-1-11-8(12)13(15)16/h1-2,4-7,14H,3H2/t4-,5-,6-,7?/m1/s1. The number of hydrogen-bond acceptors (Lipinski definition) is 5. The highest BCUT2D eigenvalue weighted by Crippen LogP contribution is 2.36. The van der Waals surface area contributed by atoms with Gasteiger partial charge in [0.25, 0.3) is 0 Å². The number of aromatic nitrogens is 2. The molecule has 1 aromatic rings. The van der Waals surface area contributed by atoms with Crippen molar-refractivity contribution < 1.29 is 19.2 Å². The van der Waals surface area contributed by atoms with Crippen LogP contribution in [0.5, 0.6) is 0 Å². The maximum absolute atomic E-state index is 12.5. The molecule has 2 rings (SSSR count). The number of hydrogen-bond donors (Lipinski definition) is 1. The van der Waals surface area contributed by atoms with Crippen LogP contribution in [0.4, 0.5) is 10.3 Å². The van der Waals surface area contributed by atoms with E-state index in [1.54, 1.807) is 0 Å². The molecule has 1 aliphatic rings. The maximum atomic E-state index is 12.5. The fourth-order valence-electron chi connectivity index (χ4n) is 1.70. The van der Waals surface area contributed by atoms with Gasteiger partial charge in [0.15, 0.2) is 6.23 Å². The van der Waals surface area contributed by atoms with Gasteiger partial charge < -0.3 is 20.0 Å². The monoisotopic (exact) mass is 309 g/mol. The van der Waals surface area contributed by atoms with Gasteiger partial charge in [-0.1, -0.05) is 20.9 Å². The zero-order valence-corrected chi connectivity index (χ0v) is 10.0. The maximum Gasteiger partial charge on any atom is 0.436 e. The second kappa shape index (κ2) is 4.67. The molecule has 9 heteroatoms. The van der Waals surface area contributed by atoms with Crippen molar-refractivity contribution in [1.29, 1.82) is 0 Å². The molecule has 94 valence electrons. The summed E-state index contributed by atoms with van der Waals surface area (Å²) in [5.74, 6) is -0.411. The van der Waals surface area contributed by atoms with E-state index in [4.69, 9.17) is 4.74 Å². The third-order valence-electron chi connectivity index (χ3n) is 2.53. The van der Waals surface area contributed by atoms with Crippen molar-refractivity contribution in [3.63, 3.8) is 0 Å². The van der Waals surface area contributed by atoms with Crippen molar-refractivity contribution in [3.05, 3.63) is 22.5 Å². The molecule has 4 atom stereocenters. The van der Waals surface area contributed by atoms with E-state index in [9.17, 15) is 19.6 Å². The number of aliphatic hydroxyl groups is 1. The first-order valence-electron chi connectivity index (χ1n) is 4.77. The van der Waals surface area contributed by atoms with Crippen LogP contribution in [-0.2, 0) is 4.74 Å². The van der Waals surface area contributed by atoms with Gasteiger partial charge in [-0.15, -0.1) is 0 Å². The highest BCUT2D eigenvalue weighted by atomic mass is 79.9. The van der Waals surface area contributed by atoms with Gasteiger partial charge in [-0.2, -0.15) is 0 Å². The molecule has 1 aromatic heterocycles. The smallest absolute Gasteiger partial charge is 0.390 e. The third kappa shape index (κ3) is 2.05. The van der Waals surface area contributed by atoms with Crippen molar-refractivity contribution in [2.24, 2.45) is 0 Å². The lowest BCUT2D eigenvalue weighted by molar-refractivity contribution is -0.398. The van der Waals surface area contributed by atoms with Gasteiger partial charge in [0.1, 0.15) is 36.1 Å². The second-order valence-corrected chi connectivity index (χ2v) is 4.60. The summed E-state index contributed by atoms with van der Waals surface area (Å²) >= 11 is 3.14. The zero-order chi connectivity index (χ0) is 12.6. The van der Waals surface area contributed by atoms with Crippen LogP contribution in [-0.4, -0.2) is 43.3 Å². The number of imidazole rings is 1. The number of rotatable bonds is 3. The SMILES string of the molecule is O=[N+]([O-])c1nccn1C1O[C@H](CF)[C@@H](O)[C@H]1Br. The largest absolute Gasteiger partial charge is 0.436 e. The van der Waals surface area contributed by atoms with E-state index in [2.05, 4.69) is 20.9 Å². The number of halogens is 2. The Kier molecular flexibility index (Phi) is 3.40. The lowest BCUT2D eigenvalue weighted by Crippen LogP contribution is -2.28. The topological polar surface area (TPSA) is 90.4 Å². The molecule has 1 aliphatic heterocycles. The minimum atomic E-state index is -1.06. The van der Waals surface area contributed by atoms with E-state index in [1.807, 2.05) is 0 Å². The minimum absolute atomic E-state index is 0.411. The molecule has 0 amide bonds. The highest BCUT2D eigenvalue weighted by Gasteiger charge is 2.46. The van der Waals surface area contributed by atoms with Crippen LogP contribution in [0.1, 0.15) is 6.23 Å². The molecule has 0 radical (unpaired) electrons. The van der Waals surface area contributed by atoms with E-state index in [-0.39, 0.29) is 0 Å². The summed E-state index contributed by atoms with van der Waals surface area (Å²) in [6.45, 7) is -0.859. The number of alkyl halides is 2. The molecular formula is C8H9BrFN3O4. The normalized spacial score (nSPS) is 32.9. The van der Waals surface area contributed by atoms with E-state index in [1.165, 1.54) is 12.4 Å². The fourth-order valence-corrected chi connectivity index (χ4v) is 2.42. The number of ether oxygens (including phenoxy) is 1. The Morgan fingerprint density at radius 1 is 1.76 bits per heavy atom. The zero-order valence-electron chi connectivity index (χ0n) is 8.44. The molecule has 0 aliphatic carbocycles. The summed E-state index contributed by atoms with van der Waals surface area (Å²) in [7, 11) is 0. The third-order valence-corrected chi connectivity index (χ3v) is 3.53. The van der Waals surface area contributed by atoms with Gasteiger partial charge in [-0.25, -0.2) is 8.96 Å². The lowest BCUT2D eigenvalue weighted by Gasteiger charge is -2.12. The molecule has 1 N–H and O–H groups in total. The predicted molar refractivity (Wildman–Crippen MR) is 57.5 cm³/mol. The number of nitro groups is 1. The Morgan fingerprint density at radius 3 is 3.00 bits per heavy atom. The van der Waals surface area contributed by atoms with Crippen molar-refractivity contribution in [2.75, 3.05) is 6.67 Å². The van der Waals surface area contributed by atoms with Crippen LogP contribution in [0.3, 0.4) is 0 Å². The summed E-state index contributed by atoms with van der Waals surface area (Å²) < 4.78 is 18.9. The molecule has 1 unspecified atom stereocenters. The summed E-state index contributed by atoms with van der Waals surface area (Å²) in [4.78, 5) is 13.0. The average molecular weight is 310 g/mol. The fraction of sp³-hybridized carbons (Fsp3) is 0.625. The Balaban J connectivity index is 2.29. The molecule has 7 nitrogen and oxygen atoms in total. The van der Waals surface area contributed by atoms with Crippen molar-refractivity contribution in [1.82, 2.24) is 9.55 Å². The highest BCUT2D eigenvalue weighted by molar-refractivity contribution is 9.09. The number of nitrogens with zero attached hydrogens (tertiary/aromatic N) is 3. The molecule has 1 fully saturated rings. The van der Waals surface area contributed by atoms with Crippen molar-refractivity contribution in [3.8, 4) is 0 Å². The van der Waals surface area contributed by atoms with E-state index < -0.39 is 40.8 Å². The molecule has 0 saturated carbocycles. The van der Waals surface area contributed by atoms with Gasteiger partial charge in [0, 0.05) is 0 Å². The molecule has 17 heavy (non-hydrogen) atoms. The quantitative estimate of drug-likeness (QED) is 0.506. The van der Waals surface area contributed by atoms with Crippen LogP contribution in [0.15, 0.2) is 12.4 Å². The molecular weight excluding hydrogens is 301 g/mol. The minimum Gasteiger partial charge on any atom is -0.390 e. The predicted octanol–water partition coefficient (Wildman–Crippen LogP) is 0.783. The Hall–Kier alpha value is -1.06. The Morgan fingerprint density at radius 2 is 2.47 bits per heavy atom. The molecule has 2 heterocycles. The van der Waals surface area contributed by atoms with Crippen LogP contribution >= 0.6 is 15.9 Å². The molecule has 0 aromatic carbocycles. The molecule has 0 bridgehead atoms. The summed E-state index contributed by atoms with van der Waals surface area (Å²) in [5, 5.41) is 20.3. The first-order chi connectivity index (χ1) is 8.06. The van der Waals surface area contributed by atoms with E-state index in [0.717, 1.165) is 4.57 Å². The van der Waals surface area contributed by atoms with E-state index in [0.29, 0.717) is 0 Å². The molecule has 0 spiro atoms. The first-order valence-corrected chi connectivity index (χ1v) is 5.68. The van der Waals surface area contributed by atoms with Crippen molar-refractivity contribution >= 4 is 21.9 Å². The van der Waals surface area contributed by atoms with Crippen molar-refractivity contribution in [2.45, 2.75) is 23.3 Å². The lowest BCUT2D eigenvalue weighted by atomic mass is 10.2. The van der Waals surface area contributed by atoms with Crippen LogP contribution in [0.25, 0.3) is 0 Å². The van der Waals surface area contributed by atoms with Crippen LogP contribution < -0.4 is 0 Å². The first kappa shape index (κ1) is 12.4. The summed E-state index contributed by atoms with van der Waals surface area (Å²) in [6, 6.07) is 0. The van der Waals surface area contributed by atoms with Crippen LogP contribution in [0, 0.1) is 10.1 Å².